The van der Waals surface area contributed by atoms with E-state index in [1.54, 1.807) is 12.3 Å². The van der Waals surface area contributed by atoms with Gasteiger partial charge in [-0.25, -0.2) is 4.98 Å². The van der Waals surface area contributed by atoms with Gasteiger partial charge in [-0.2, -0.15) is 0 Å². The SMILES string of the molecule is Cn1cc(-c2ccco2)nc1CCNC(=O)c1ccccc1Br. The van der Waals surface area contributed by atoms with Crippen molar-refractivity contribution in [3.63, 3.8) is 0 Å². The average molecular weight is 374 g/mol. The number of aromatic nitrogens is 2. The molecule has 0 aliphatic carbocycles. The predicted molar refractivity (Wildman–Crippen MR) is 91.1 cm³/mol. The van der Waals surface area contributed by atoms with Gasteiger partial charge in [-0.05, 0) is 40.2 Å². The lowest BCUT2D eigenvalue weighted by molar-refractivity contribution is 0.0953. The summed E-state index contributed by atoms with van der Waals surface area (Å²) in [6.07, 6.45) is 4.19. The summed E-state index contributed by atoms with van der Waals surface area (Å²) in [5, 5.41) is 2.91. The molecule has 0 atom stereocenters. The van der Waals surface area contributed by atoms with Crippen molar-refractivity contribution in [2.24, 2.45) is 7.05 Å². The molecule has 1 aromatic carbocycles. The molecule has 0 saturated carbocycles. The minimum Gasteiger partial charge on any atom is -0.463 e. The second-order valence-electron chi connectivity index (χ2n) is 5.12. The molecule has 5 nitrogen and oxygen atoms in total. The topological polar surface area (TPSA) is 60.1 Å². The van der Waals surface area contributed by atoms with E-state index >= 15 is 0 Å². The second-order valence-corrected chi connectivity index (χ2v) is 5.97. The summed E-state index contributed by atoms with van der Waals surface area (Å²) in [4.78, 5) is 16.7. The van der Waals surface area contributed by atoms with Gasteiger partial charge in [0.15, 0.2) is 5.76 Å². The van der Waals surface area contributed by atoms with Crippen molar-refractivity contribution in [1.29, 1.82) is 0 Å². The van der Waals surface area contributed by atoms with Gasteiger partial charge in [-0.3, -0.25) is 4.79 Å². The minimum atomic E-state index is -0.0991. The number of furan rings is 1. The van der Waals surface area contributed by atoms with Gasteiger partial charge in [0.1, 0.15) is 11.5 Å². The molecule has 0 radical (unpaired) electrons. The summed E-state index contributed by atoms with van der Waals surface area (Å²) in [6.45, 7) is 0.516. The van der Waals surface area contributed by atoms with Crippen LogP contribution in [0.1, 0.15) is 16.2 Å². The fourth-order valence-electron chi connectivity index (χ4n) is 2.31. The van der Waals surface area contributed by atoms with Gasteiger partial charge in [0.25, 0.3) is 5.91 Å². The molecule has 0 aliphatic rings. The van der Waals surface area contributed by atoms with Gasteiger partial charge in [-0.15, -0.1) is 0 Å². The molecule has 23 heavy (non-hydrogen) atoms. The summed E-state index contributed by atoms with van der Waals surface area (Å²) in [5.74, 6) is 1.53. The predicted octanol–water partition coefficient (Wildman–Crippen LogP) is 3.42. The maximum atomic E-state index is 12.1. The molecule has 118 valence electrons. The van der Waals surface area contributed by atoms with Crippen molar-refractivity contribution in [3.05, 3.63) is 64.7 Å². The number of nitrogens with one attached hydrogen (secondary N) is 1. The van der Waals surface area contributed by atoms with E-state index in [4.69, 9.17) is 4.42 Å². The summed E-state index contributed by atoms with van der Waals surface area (Å²) in [7, 11) is 1.93. The van der Waals surface area contributed by atoms with E-state index in [9.17, 15) is 4.79 Å². The zero-order chi connectivity index (χ0) is 16.2. The lowest BCUT2D eigenvalue weighted by Crippen LogP contribution is -2.26. The lowest BCUT2D eigenvalue weighted by atomic mass is 10.2. The fourth-order valence-corrected chi connectivity index (χ4v) is 2.77. The standard InChI is InChI=1S/C17H16BrN3O2/c1-21-11-14(15-7-4-10-23-15)20-16(21)8-9-19-17(22)12-5-2-3-6-13(12)18/h2-7,10-11H,8-9H2,1H3,(H,19,22). The Labute approximate surface area is 142 Å². The Morgan fingerprint density at radius 3 is 2.87 bits per heavy atom. The fraction of sp³-hybridized carbons (Fsp3) is 0.176. The quantitative estimate of drug-likeness (QED) is 0.745. The highest BCUT2D eigenvalue weighted by Crippen LogP contribution is 2.19. The summed E-state index contributed by atoms with van der Waals surface area (Å²) >= 11 is 3.38. The normalized spacial score (nSPS) is 10.7. The molecule has 0 bridgehead atoms. The third-order valence-corrected chi connectivity index (χ3v) is 4.19. The van der Waals surface area contributed by atoms with Crippen LogP contribution in [0.5, 0.6) is 0 Å². The zero-order valence-electron chi connectivity index (χ0n) is 12.6. The Kier molecular flexibility index (Phi) is 4.62. The highest BCUT2D eigenvalue weighted by molar-refractivity contribution is 9.10. The van der Waals surface area contributed by atoms with Crippen LogP contribution in [0.2, 0.25) is 0 Å². The van der Waals surface area contributed by atoms with Crippen molar-refractivity contribution < 1.29 is 9.21 Å². The number of imidazole rings is 1. The number of carbonyl (C=O) groups is 1. The Hall–Kier alpha value is -2.34. The molecule has 2 aromatic heterocycles. The minimum absolute atomic E-state index is 0.0991. The highest BCUT2D eigenvalue weighted by Gasteiger charge is 2.11. The van der Waals surface area contributed by atoms with Gasteiger partial charge in [0.2, 0.25) is 0 Å². The summed E-state index contributed by atoms with van der Waals surface area (Å²) in [6, 6.07) is 11.1. The van der Waals surface area contributed by atoms with Crippen LogP contribution in [-0.2, 0) is 13.5 Å². The van der Waals surface area contributed by atoms with E-state index in [1.165, 1.54) is 0 Å². The van der Waals surface area contributed by atoms with Crippen molar-refractivity contribution in [3.8, 4) is 11.5 Å². The first-order valence-electron chi connectivity index (χ1n) is 7.24. The molecule has 0 aliphatic heterocycles. The van der Waals surface area contributed by atoms with E-state index in [2.05, 4.69) is 26.2 Å². The van der Waals surface area contributed by atoms with E-state index in [1.807, 2.05) is 48.1 Å². The number of nitrogens with zero attached hydrogens (tertiary/aromatic N) is 2. The Morgan fingerprint density at radius 1 is 1.30 bits per heavy atom. The number of hydrogen-bond acceptors (Lipinski definition) is 3. The Bertz CT molecular complexity index is 809. The van der Waals surface area contributed by atoms with Crippen molar-refractivity contribution in [2.75, 3.05) is 6.54 Å². The molecular formula is C17H16BrN3O2. The van der Waals surface area contributed by atoms with Gasteiger partial charge in [0, 0.05) is 30.7 Å². The summed E-state index contributed by atoms with van der Waals surface area (Å²) in [5.41, 5.74) is 1.42. The number of hydrogen-bond donors (Lipinski definition) is 1. The van der Waals surface area contributed by atoms with Gasteiger partial charge >= 0.3 is 0 Å². The van der Waals surface area contributed by atoms with Crippen molar-refractivity contribution in [1.82, 2.24) is 14.9 Å². The number of benzene rings is 1. The number of amides is 1. The van der Waals surface area contributed by atoms with Crippen LogP contribution in [0.4, 0.5) is 0 Å². The first-order chi connectivity index (χ1) is 11.1. The van der Waals surface area contributed by atoms with E-state index in [0.717, 1.165) is 21.8 Å². The van der Waals surface area contributed by atoms with E-state index < -0.39 is 0 Å². The Balaban J connectivity index is 1.61. The molecule has 2 heterocycles. The monoisotopic (exact) mass is 373 g/mol. The molecule has 1 amide bonds. The van der Waals surface area contributed by atoms with Crippen molar-refractivity contribution >= 4 is 21.8 Å². The van der Waals surface area contributed by atoms with E-state index in [0.29, 0.717) is 18.5 Å². The van der Waals surface area contributed by atoms with Crippen LogP contribution >= 0.6 is 15.9 Å². The molecule has 0 fully saturated rings. The number of halogens is 1. The largest absolute Gasteiger partial charge is 0.463 e. The number of rotatable bonds is 5. The molecule has 0 unspecified atom stereocenters. The summed E-state index contributed by atoms with van der Waals surface area (Å²) < 4.78 is 8.08. The number of aryl methyl sites for hydroxylation is 1. The van der Waals surface area contributed by atoms with Crippen molar-refractivity contribution in [2.45, 2.75) is 6.42 Å². The van der Waals surface area contributed by atoms with E-state index in [-0.39, 0.29) is 5.91 Å². The molecule has 0 saturated heterocycles. The maximum absolute atomic E-state index is 12.1. The van der Waals surface area contributed by atoms with Crippen LogP contribution in [0.3, 0.4) is 0 Å². The zero-order valence-corrected chi connectivity index (χ0v) is 14.2. The molecule has 0 spiro atoms. The smallest absolute Gasteiger partial charge is 0.252 e. The molecule has 3 aromatic rings. The first kappa shape index (κ1) is 15.6. The molecule has 3 rings (SSSR count). The van der Waals surface area contributed by atoms with Gasteiger partial charge in [0.05, 0.1) is 11.8 Å². The molecule has 6 heteroatoms. The molecule has 1 N–H and O–H groups in total. The second kappa shape index (κ2) is 6.83. The first-order valence-corrected chi connectivity index (χ1v) is 8.03. The maximum Gasteiger partial charge on any atom is 0.252 e. The van der Waals surface area contributed by atoms with Crippen LogP contribution in [0.15, 0.2) is 57.7 Å². The average Bonchev–Trinajstić information content (AvgIpc) is 3.18. The number of carbonyl (C=O) groups excluding carboxylic acids is 1. The van der Waals surface area contributed by atoms with Crippen LogP contribution in [-0.4, -0.2) is 22.0 Å². The Morgan fingerprint density at radius 2 is 2.13 bits per heavy atom. The lowest BCUT2D eigenvalue weighted by Gasteiger charge is -2.06. The third-order valence-electron chi connectivity index (χ3n) is 3.50. The van der Waals surface area contributed by atoms with Crippen LogP contribution in [0, 0.1) is 0 Å². The van der Waals surface area contributed by atoms with Gasteiger partial charge in [-0.1, -0.05) is 12.1 Å². The van der Waals surface area contributed by atoms with Gasteiger partial charge < -0.3 is 14.3 Å². The van der Waals surface area contributed by atoms with Crippen LogP contribution < -0.4 is 5.32 Å². The van der Waals surface area contributed by atoms with Crippen LogP contribution in [0.25, 0.3) is 11.5 Å². The highest BCUT2D eigenvalue weighted by atomic mass is 79.9. The third kappa shape index (κ3) is 3.53. The molecular weight excluding hydrogens is 358 g/mol.